The largest absolute Gasteiger partial charge is 0.496 e. The van der Waals surface area contributed by atoms with Crippen LogP contribution in [0.15, 0.2) is 47.7 Å². The molecular formula is C20H29IN4O2. The van der Waals surface area contributed by atoms with Crippen LogP contribution in [0.3, 0.4) is 0 Å². The van der Waals surface area contributed by atoms with E-state index in [0.29, 0.717) is 19.7 Å². The quantitative estimate of drug-likeness (QED) is 0.248. The third-order valence-electron chi connectivity index (χ3n) is 3.73. The lowest BCUT2D eigenvalue weighted by Crippen LogP contribution is -2.39. The van der Waals surface area contributed by atoms with Crippen molar-refractivity contribution in [2.24, 2.45) is 4.99 Å². The van der Waals surface area contributed by atoms with Crippen LogP contribution in [0.1, 0.15) is 18.1 Å². The number of halogens is 1. The fraction of sp³-hybridized carbons (Fsp3) is 0.400. The molecule has 1 aromatic heterocycles. The second-order valence-electron chi connectivity index (χ2n) is 5.79. The first-order valence-electron chi connectivity index (χ1n) is 8.91. The first-order valence-corrected chi connectivity index (χ1v) is 8.91. The Hall–Kier alpha value is -2.03. The van der Waals surface area contributed by atoms with Gasteiger partial charge in [-0.2, -0.15) is 0 Å². The molecule has 0 bridgehead atoms. The topological polar surface area (TPSA) is 67.8 Å². The molecule has 0 saturated heterocycles. The fourth-order valence-electron chi connectivity index (χ4n) is 2.50. The number of aliphatic imine (C=N–C) groups is 1. The molecular weight excluding hydrogens is 455 g/mol. The molecule has 0 aliphatic heterocycles. The van der Waals surface area contributed by atoms with Gasteiger partial charge in [0.15, 0.2) is 5.96 Å². The molecule has 0 spiro atoms. The molecule has 0 amide bonds. The van der Waals surface area contributed by atoms with E-state index < -0.39 is 0 Å². The molecule has 148 valence electrons. The number of benzene rings is 1. The number of rotatable bonds is 9. The maximum atomic E-state index is 5.63. The standard InChI is InChI=1S/C20H28N4O2.HI/c1-4-22-20(24-12-13-26-18-6-5-10-21-15-18)23-11-9-17-14-16(2)7-8-19(17)25-3;/h5-8,10,14-15H,4,9,11-13H2,1-3H3,(H2,22,23,24);1H. The summed E-state index contributed by atoms with van der Waals surface area (Å²) in [6.07, 6.45) is 4.26. The van der Waals surface area contributed by atoms with Gasteiger partial charge in [-0.15, -0.1) is 24.0 Å². The van der Waals surface area contributed by atoms with Gasteiger partial charge in [-0.05, 0) is 44.0 Å². The molecule has 0 fully saturated rings. The highest BCUT2D eigenvalue weighted by molar-refractivity contribution is 14.0. The molecule has 6 nitrogen and oxygen atoms in total. The van der Waals surface area contributed by atoms with Crippen LogP contribution in [0.5, 0.6) is 11.5 Å². The highest BCUT2D eigenvalue weighted by Gasteiger charge is 2.03. The molecule has 0 saturated carbocycles. The Balaban J connectivity index is 0.00000364. The number of pyridine rings is 1. The number of aryl methyl sites for hydroxylation is 1. The molecule has 27 heavy (non-hydrogen) atoms. The Bertz CT molecular complexity index is 696. The van der Waals surface area contributed by atoms with Crippen molar-refractivity contribution in [2.45, 2.75) is 20.3 Å². The van der Waals surface area contributed by atoms with Gasteiger partial charge in [0.05, 0.1) is 19.9 Å². The number of guanidine groups is 1. The molecule has 1 aromatic carbocycles. The minimum atomic E-state index is 0. The summed E-state index contributed by atoms with van der Waals surface area (Å²) in [5, 5.41) is 6.53. The van der Waals surface area contributed by atoms with E-state index in [4.69, 9.17) is 9.47 Å². The van der Waals surface area contributed by atoms with Crippen LogP contribution in [0.2, 0.25) is 0 Å². The Morgan fingerprint density at radius 1 is 1.22 bits per heavy atom. The Morgan fingerprint density at radius 3 is 2.78 bits per heavy atom. The second kappa shape index (κ2) is 13.2. The average Bonchev–Trinajstić information content (AvgIpc) is 2.66. The minimum Gasteiger partial charge on any atom is -0.496 e. The predicted octanol–water partition coefficient (Wildman–Crippen LogP) is 3.19. The molecule has 0 unspecified atom stereocenters. The number of nitrogens with one attached hydrogen (secondary N) is 2. The van der Waals surface area contributed by atoms with Crippen molar-refractivity contribution < 1.29 is 9.47 Å². The van der Waals surface area contributed by atoms with Crippen molar-refractivity contribution in [1.82, 2.24) is 15.6 Å². The van der Waals surface area contributed by atoms with Gasteiger partial charge in [0.2, 0.25) is 0 Å². The summed E-state index contributed by atoms with van der Waals surface area (Å²) in [4.78, 5) is 8.66. The van der Waals surface area contributed by atoms with Crippen LogP contribution < -0.4 is 20.1 Å². The third-order valence-corrected chi connectivity index (χ3v) is 3.73. The normalized spacial score (nSPS) is 10.7. The van der Waals surface area contributed by atoms with Crippen LogP contribution in [0.4, 0.5) is 0 Å². The van der Waals surface area contributed by atoms with E-state index in [-0.39, 0.29) is 24.0 Å². The number of methoxy groups -OCH3 is 1. The number of hydrogen-bond acceptors (Lipinski definition) is 4. The number of aromatic nitrogens is 1. The van der Waals surface area contributed by atoms with Gasteiger partial charge in [0, 0.05) is 19.3 Å². The smallest absolute Gasteiger partial charge is 0.191 e. The van der Waals surface area contributed by atoms with E-state index in [0.717, 1.165) is 30.4 Å². The lowest BCUT2D eigenvalue weighted by Gasteiger charge is -2.12. The van der Waals surface area contributed by atoms with Crippen molar-refractivity contribution in [3.63, 3.8) is 0 Å². The van der Waals surface area contributed by atoms with E-state index >= 15 is 0 Å². The Labute approximate surface area is 178 Å². The van der Waals surface area contributed by atoms with E-state index in [1.807, 2.05) is 25.1 Å². The number of ether oxygens (including phenoxy) is 2. The fourth-order valence-corrected chi connectivity index (χ4v) is 2.50. The van der Waals surface area contributed by atoms with E-state index in [1.165, 1.54) is 11.1 Å². The minimum absolute atomic E-state index is 0. The van der Waals surface area contributed by atoms with Gasteiger partial charge in [-0.25, -0.2) is 0 Å². The zero-order valence-corrected chi connectivity index (χ0v) is 18.5. The Kier molecular flexibility index (Phi) is 11.2. The Morgan fingerprint density at radius 2 is 2.07 bits per heavy atom. The van der Waals surface area contributed by atoms with Crippen LogP contribution >= 0.6 is 24.0 Å². The van der Waals surface area contributed by atoms with Gasteiger partial charge in [-0.1, -0.05) is 17.7 Å². The summed E-state index contributed by atoms with van der Waals surface area (Å²) >= 11 is 0. The van der Waals surface area contributed by atoms with Crippen molar-refractivity contribution in [3.8, 4) is 11.5 Å². The van der Waals surface area contributed by atoms with Crippen molar-refractivity contribution in [3.05, 3.63) is 53.9 Å². The molecule has 0 atom stereocenters. The van der Waals surface area contributed by atoms with E-state index in [9.17, 15) is 0 Å². The van der Waals surface area contributed by atoms with Crippen LogP contribution in [0.25, 0.3) is 0 Å². The first kappa shape index (κ1) is 23.0. The van der Waals surface area contributed by atoms with Gasteiger partial charge < -0.3 is 20.1 Å². The summed E-state index contributed by atoms with van der Waals surface area (Å²) in [5.74, 6) is 2.46. The number of hydrogen-bond donors (Lipinski definition) is 2. The second-order valence-corrected chi connectivity index (χ2v) is 5.79. The maximum Gasteiger partial charge on any atom is 0.191 e. The highest BCUT2D eigenvalue weighted by atomic mass is 127. The molecule has 0 aliphatic rings. The molecule has 2 aromatic rings. The maximum absolute atomic E-state index is 5.63. The van der Waals surface area contributed by atoms with Crippen LogP contribution in [0, 0.1) is 6.92 Å². The number of nitrogens with zero attached hydrogens (tertiary/aromatic N) is 2. The van der Waals surface area contributed by atoms with Gasteiger partial charge in [0.1, 0.15) is 18.1 Å². The van der Waals surface area contributed by atoms with Gasteiger partial charge >= 0.3 is 0 Å². The monoisotopic (exact) mass is 484 g/mol. The van der Waals surface area contributed by atoms with E-state index in [2.05, 4.69) is 39.7 Å². The first-order chi connectivity index (χ1) is 12.7. The highest BCUT2D eigenvalue weighted by Crippen LogP contribution is 2.20. The molecule has 7 heteroatoms. The molecule has 0 radical (unpaired) electrons. The summed E-state index contributed by atoms with van der Waals surface area (Å²) < 4.78 is 11.1. The van der Waals surface area contributed by atoms with Gasteiger partial charge in [-0.3, -0.25) is 9.98 Å². The predicted molar refractivity (Wildman–Crippen MR) is 121 cm³/mol. The van der Waals surface area contributed by atoms with Crippen molar-refractivity contribution >= 4 is 29.9 Å². The van der Waals surface area contributed by atoms with Crippen LogP contribution in [-0.4, -0.2) is 44.3 Å². The molecule has 1 heterocycles. The third kappa shape index (κ3) is 8.47. The summed E-state index contributed by atoms with van der Waals surface area (Å²) in [6.45, 7) is 6.82. The average molecular weight is 484 g/mol. The lowest BCUT2D eigenvalue weighted by molar-refractivity contribution is 0.320. The zero-order chi connectivity index (χ0) is 18.6. The summed E-state index contributed by atoms with van der Waals surface area (Å²) in [6, 6.07) is 9.96. The van der Waals surface area contributed by atoms with Crippen molar-refractivity contribution in [2.75, 3.05) is 33.4 Å². The summed E-state index contributed by atoms with van der Waals surface area (Å²) in [7, 11) is 1.70. The SMILES string of the molecule is CCNC(=NCCc1cc(C)ccc1OC)NCCOc1cccnc1.I. The van der Waals surface area contributed by atoms with Crippen LogP contribution in [-0.2, 0) is 6.42 Å². The zero-order valence-electron chi connectivity index (χ0n) is 16.2. The summed E-state index contributed by atoms with van der Waals surface area (Å²) in [5.41, 5.74) is 2.40. The van der Waals surface area contributed by atoms with E-state index in [1.54, 1.807) is 19.5 Å². The lowest BCUT2D eigenvalue weighted by atomic mass is 10.1. The molecule has 2 rings (SSSR count). The molecule has 2 N–H and O–H groups in total. The van der Waals surface area contributed by atoms with Crippen molar-refractivity contribution in [1.29, 1.82) is 0 Å². The van der Waals surface area contributed by atoms with Gasteiger partial charge in [0.25, 0.3) is 0 Å². The molecule has 0 aliphatic carbocycles.